The van der Waals surface area contributed by atoms with Gasteiger partial charge in [-0.3, -0.25) is 0 Å². The summed E-state index contributed by atoms with van der Waals surface area (Å²) in [4.78, 5) is 12.0. The van der Waals surface area contributed by atoms with Crippen molar-refractivity contribution in [2.24, 2.45) is 58.2 Å². The van der Waals surface area contributed by atoms with Gasteiger partial charge in [0.1, 0.15) is 0 Å². The van der Waals surface area contributed by atoms with E-state index in [1.165, 1.54) is 25.7 Å². The molecule has 4 fully saturated rings. The van der Waals surface area contributed by atoms with Crippen LogP contribution in [0, 0.1) is 58.2 Å². The molecule has 4 saturated carbocycles. The van der Waals surface area contributed by atoms with Crippen LogP contribution in [-0.4, -0.2) is 41.7 Å². The number of fused-ring (bicyclic) bond motifs is 5. The first kappa shape index (κ1) is 27.2. The standard InChI is InChI=1S/C30H53NO4/c1-7-21-25-16-20(32)10-13-30(25,6)24-11-14-29(5)22(8-9-23(29)26(24)27(21)33)19(4)12-15-35-28(34)31-17-18(2)3/h18-27,32-33H,7-17H2,1-6H3,(H,31,34)/t19-,20-,21-,22?,23+,24+,25+,26+,27-,29-,30-/m1/s1. The number of rotatable bonds is 7. The van der Waals surface area contributed by atoms with Gasteiger partial charge in [0.2, 0.25) is 0 Å². The molecule has 0 heterocycles. The molecule has 11 atom stereocenters. The lowest BCUT2D eigenvalue weighted by atomic mass is 9.41. The number of carbonyl (C=O) groups excluding carboxylic acids is 1. The quantitative estimate of drug-likeness (QED) is 0.407. The largest absolute Gasteiger partial charge is 0.450 e. The van der Waals surface area contributed by atoms with Crippen molar-refractivity contribution in [3.8, 4) is 0 Å². The third-order valence-corrected chi connectivity index (χ3v) is 11.6. The SMILES string of the molecule is CC[C@H]1[C@@H](O)[C@@H]2[C@H](CC[C@]3(C)C([C@H](C)CCOC(=O)NCC(C)C)CC[C@@H]23)[C@@]2(C)CC[C@@H](O)C[C@@H]12. The molecule has 0 spiro atoms. The van der Waals surface area contributed by atoms with Crippen LogP contribution >= 0.6 is 0 Å². The summed E-state index contributed by atoms with van der Waals surface area (Å²) in [7, 11) is 0. The zero-order valence-corrected chi connectivity index (χ0v) is 23.3. The highest BCUT2D eigenvalue weighted by atomic mass is 16.5. The van der Waals surface area contributed by atoms with Crippen LogP contribution in [0.25, 0.3) is 0 Å². The third-order valence-electron chi connectivity index (χ3n) is 11.6. The van der Waals surface area contributed by atoms with Crippen LogP contribution < -0.4 is 5.32 Å². The molecule has 4 aliphatic rings. The zero-order valence-electron chi connectivity index (χ0n) is 23.3. The first-order valence-corrected chi connectivity index (χ1v) is 14.8. The van der Waals surface area contributed by atoms with Gasteiger partial charge in [-0.25, -0.2) is 4.79 Å². The molecule has 5 heteroatoms. The summed E-state index contributed by atoms with van der Waals surface area (Å²) in [5, 5.41) is 25.2. The molecule has 202 valence electrons. The molecule has 5 nitrogen and oxygen atoms in total. The van der Waals surface area contributed by atoms with Crippen molar-refractivity contribution in [2.75, 3.05) is 13.2 Å². The van der Waals surface area contributed by atoms with Crippen LogP contribution in [0.1, 0.15) is 99.3 Å². The smallest absolute Gasteiger partial charge is 0.407 e. The second-order valence-electron chi connectivity index (χ2n) is 13.8. The van der Waals surface area contributed by atoms with Crippen molar-refractivity contribution >= 4 is 6.09 Å². The van der Waals surface area contributed by atoms with E-state index in [2.05, 4.69) is 46.9 Å². The fourth-order valence-electron chi connectivity index (χ4n) is 9.81. The topological polar surface area (TPSA) is 78.8 Å². The Morgan fingerprint density at radius 3 is 2.37 bits per heavy atom. The molecule has 1 unspecified atom stereocenters. The number of carbonyl (C=O) groups is 1. The van der Waals surface area contributed by atoms with Gasteiger partial charge >= 0.3 is 6.09 Å². The van der Waals surface area contributed by atoms with E-state index in [0.717, 1.165) is 32.1 Å². The highest BCUT2D eigenvalue weighted by molar-refractivity contribution is 5.67. The van der Waals surface area contributed by atoms with Gasteiger partial charge in [0, 0.05) is 6.54 Å². The maximum absolute atomic E-state index is 12.0. The van der Waals surface area contributed by atoms with Gasteiger partial charge in [0.05, 0.1) is 18.8 Å². The molecule has 4 aliphatic carbocycles. The van der Waals surface area contributed by atoms with Crippen molar-refractivity contribution in [1.82, 2.24) is 5.32 Å². The van der Waals surface area contributed by atoms with Crippen LogP contribution in [0.5, 0.6) is 0 Å². The Hall–Kier alpha value is -0.810. The molecular formula is C30H53NO4. The fraction of sp³-hybridized carbons (Fsp3) is 0.967. The molecule has 0 bridgehead atoms. The fourth-order valence-corrected chi connectivity index (χ4v) is 9.81. The lowest BCUT2D eigenvalue weighted by Gasteiger charge is -2.64. The van der Waals surface area contributed by atoms with Crippen molar-refractivity contribution in [3.05, 3.63) is 0 Å². The summed E-state index contributed by atoms with van der Waals surface area (Å²) >= 11 is 0. The minimum absolute atomic E-state index is 0.189. The second-order valence-corrected chi connectivity index (χ2v) is 13.8. The molecule has 0 radical (unpaired) electrons. The lowest BCUT2D eigenvalue weighted by Crippen LogP contribution is -2.62. The number of aliphatic hydroxyl groups is 2. The molecule has 3 N–H and O–H groups in total. The molecule has 1 amide bonds. The summed E-state index contributed by atoms with van der Waals surface area (Å²) in [5.74, 6) is 3.88. The summed E-state index contributed by atoms with van der Waals surface area (Å²) < 4.78 is 5.49. The first-order chi connectivity index (χ1) is 16.5. The van der Waals surface area contributed by atoms with E-state index in [4.69, 9.17) is 4.74 Å². The molecule has 0 aromatic heterocycles. The maximum Gasteiger partial charge on any atom is 0.407 e. The van der Waals surface area contributed by atoms with E-state index in [1.807, 2.05) is 0 Å². The van der Waals surface area contributed by atoms with E-state index >= 15 is 0 Å². The summed E-state index contributed by atoms with van der Waals surface area (Å²) in [5.41, 5.74) is 0.517. The van der Waals surface area contributed by atoms with Gasteiger partial charge in [0.25, 0.3) is 0 Å². The highest BCUT2D eigenvalue weighted by Gasteiger charge is 2.64. The Bertz CT molecular complexity index is 742. The zero-order chi connectivity index (χ0) is 25.5. The molecule has 0 aromatic carbocycles. The van der Waals surface area contributed by atoms with Crippen molar-refractivity contribution < 1.29 is 19.7 Å². The Morgan fingerprint density at radius 1 is 1.00 bits per heavy atom. The average molecular weight is 492 g/mol. The normalized spacial score (nSPS) is 45.9. The van der Waals surface area contributed by atoms with Gasteiger partial charge < -0.3 is 20.3 Å². The predicted molar refractivity (Wildman–Crippen MR) is 140 cm³/mol. The Morgan fingerprint density at radius 2 is 1.69 bits per heavy atom. The molecule has 0 saturated heterocycles. The number of alkyl carbamates (subject to hydrolysis) is 1. The van der Waals surface area contributed by atoms with Gasteiger partial charge in [-0.05, 0) is 110 Å². The third kappa shape index (κ3) is 4.90. The van der Waals surface area contributed by atoms with Gasteiger partial charge in [-0.2, -0.15) is 0 Å². The molecular weight excluding hydrogens is 438 g/mol. The maximum atomic E-state index is 12.0. The van der Waals surface area contributed by atoms with Crippen LogP contribution in [0.3, 0.4) is 0 Å². The van der Waals surface area contributed by atoms with Gasteiger partial charge in [0.15, 0.2) is 0 Å². The first-order valence-electron chi connectivity index (χ1n) is 14.8. The molecule has 0 aliphatic heterocycles. The van der Waals surface area contributed by atoms with Crippen molar-refractivity contribution in [3.63, 3.8) is 0 Å². The van der Waals surface area contributed by atoms with Crippen molar-refractivity contribution in [2.45, 2.75) is 112 Å². The number of nitrogens with one attached hydrogen (secondary N) is 1. The lowest BCUT2D eigenvalue weighted by molar-refractivity contribution is -0.203. The molecule has 35 heavy (non-hydrogen) atoms. The second kappa shape index (κ2) is 10.5. The van der Waals surface area contributed by atoms with Gasteiger partial charge in [-0.1, -0.05) is 48.0 Å². The van der Waals surface area contributed by atoms with E-state index < -0.39 is 0 Å². The van der Waals surface area contributed by atoms with Crippen LogP contribution in [0.4, 0.5) is 4.79 Å². The van der Waals surface area contributed by atoms with Crippen LogP contribution in [0.15, 0.2) is 0 Å². The minimum atomic E-state index is -0.293. The Balaban J connectivity index is 1.44. The van der Waals surface area contributed by atoms with E-state index in [0.29, 0.717) is 60.5 Å². The number of hydrogen-bond acceptors (Lipinski definition) is 4. The van der Waals surface area contributed by atoms with E-state index in [9.17, 15) is 15.0 Å². The van der Waals surface area contributed by atoms with Gasteiger partial charge in [-0.15, -0.1) is 0 Å². The monoisotopic (exact) mass is 491 g/mol. The van der Waals surface area contributed by atoms with Crippen LogP contribution in [-0.2, 0) is 4.74 Å². The molecule has 0 aromatic rings. The number of hydrogen-bond donors (Lipinski definition) is 3. The summed E-state index contributed by atoms with van der Waals surface area (Å²) in [6, 6.07) is 0. The van der Waals surface area contributed by atoms with E-state index in [1.54, 1.807) is 0 Å². The van der Waals surface area contributed by atoms with Crippen molar-refractivity contribution in [1.29, 1.82) is 0 Å². The minimum Gasteiger partial charge on any atom is -0.450 e. The van der Waals surface area contributed by atoms with Crippen LogP contribution in [0.2, 0.25) is 0 Å². The average Bonchev–Trinajstić information content (AvgIpc) is 3.16. The van der Waals surface area contributed by atoms with E-state index in [-0.39, 0.29) is 29.1 Å². The number of amides is 1. The summed E-state index contributed by atoms with van der Waals surface area (Å²) in [6.07, 6.45) is 9.03. The Kier molecular flexibility index (Phi) is 8.18. The predicted octanol–water partition coefficient (Wildman–Crippen LogP) is 6.02. The summed E-state index contributed by atoms with van der Waals surface area (Å²) in [6.45, 7) is 14.9. The molecule has 4 rings (SSSR count). The number of aliphatic hydroxyl groups excluding tert-OH is 2. The number of ether oxygens (including phenoxy) is 1. The Labute approximate surface area is 214 Å². The highest BCUT2D eigenvalue weighted by Crippen LogP contribution is 2.69.